The summed E-state index contributed by atoms with van der Waals surface area (Å²) in [5.74, 6) is 0. The Balaban J connectivity index is 3.90. The van der Waals surface area contributed by atoms with Crippen LogP contribution in [0.1, 0.15) is 65.2 Å². The number of aliphatic hydroxyl groups is 2. The first-order valence-corrected chi connectivity index (χ1v) is 9.29. The van der Waals surface area contributed by atoms with Crippen LogP contribution < -0.4 is 0 Å². The third-order valence-corrected chi connectivity index (χ3v) is 3.74. The van der Waals surface area contributed by atoms with Crippen molar-refractivity contribution in [2.75, 3.05) is 39.4 Å². The number of nitrogens with zero attached hydrogens (tertiary/aromatic N) is 2. The van der Waals surface area contributed by atoms with Crippen molar-refractivity contribution >= 4 is 6.16 Å². The van der Waals surface area contributed by atoms with E-state index in [1.807, 2.05) is 13.8 Å². The first-order chi connectivity index (χ1) is 11.7. The number of unbranched alkanes of at least 4 members (excludes halogenated alkanes) is 6. The molecule has 0 spiro atoms. The van der Waals surface area contributed by atoms with E-state index in [9.17, 15) is 4.79 Å². The Morgan fingerprint density at radius 1 is 0.708 bits per heavy atom. The Labute approximate surface area is 146 Å². The van der Waals surface area contributed by atoms with Gasteiger partial charge in [-0.3, -0.25) is 0 Å². The lowest BCUT2D eigenvalue weighted by atomic mass is 10.2. The molecule has 0 heterocycles. The molecule has 0 fully saturated rings. The molecular weight excluding hydrogens is 312 g/mol. The molecule has 0 unspecified atom stereocenters. The van der Waals surface area contributed by atoms with Crippen LogP contribution in [0.4, 0.5) is 4.79 Å². The lowest BCUT2D eigenvalue weighted by Crippen LogP contribution is -2.34. The molecule has 0 rings (SSSR count). The predicted molar refractivity (Wildman–Crippen MR) is 93.2 cm³/mol. The van der Waals surface area contributed by atoms with Crippen LogP contribution in [0.25, 0.3) is 0 Å². The number of hydrogen-bond acceptors (Lipinski definition) is 7. The van der Waals surface area contributed by atoms with Gasteiger partial charge >= 0.3 is 6.16 Å². The second-order valence-corrected chi connectivity index (χ2v) is 5.75. The van der Waals surface area contributed by atoms with Gasteiger partial charge in [0.1, 0.15) is 0 Å². The van der Waals surface area contributed by atoms with Crippen LogP contribution in [0.2, 0.25) is 0 Å². The summed E-state index contributed by atoms with van der Waals surface area (Å²) in [5.41, 5.74) is 0. The van der Waals surface area contributed by atoms with E-state index in [0.717, 1.165) is 51.4 Å². The monoisotopic (exact) mass is 348 g/mol. The molecule has 0 saturated heterocycles. The number of hydrogen-bond donors (Lipinski definition) is 2. The molecule has 2 N–H and O–H groups in total. The van der Waals surface area contributed by atoms with Gasteiger partial charge in [0.15, 0.2) is 0 Å². The predicted octanol–water partition coefficient (Wildman–Crippen LogP) is 2.72. The van der Waals surface area contributed by atoms with Crippen molar-refractivity contribution in [3.63, 3.8) is 0 Å². The molecule has 144 valence electrons. The number of carbonyl (C=O) groups is 1. The third-order valence-electron chi connectivity index (χ3n) is 3.74. The number of carbonyl (C=O) groups excluding carboxylic acids is 1. The normalized spacial score (nSPS) is 11.2. The van der Waals surface area contributed by atoms with Gasteiger partial charge in [-0.2, -0.15) is 4.79 Å². The lowest BCUT2D eigenvalue weighted by Gasteiger charge is -2.22. The van der Waals surface area contributed by atoms with Gasteiger partial charge in [0, 0.05) is 39.4 Å². The largest absolute Gasteiger partial charge is 0.547 e. The van der Waals surface area contributed by atoms with Crippen molar-refractivity contribution in [3.05, 3.63) is 0 Å². The van der Waals surface area contributed by atoms with Crippen LogP contribution in [0.5, 0.6) is 0 Å². The van der Waals surface area contributed by atoms with Crippen LogP contribution in [0.15, 0.2) is 0 Å². The van der Waals surface area contributed by atoms with Crippen LogP contribution >= 0.6 is 0 Å². The highest BCUT2D eigenvalue weighted by molar-refractivity contribution is 5.59. The molecule has 0 atom stereocenters. The van der Waals surface area contributed by atoms with Crippen molar-refractivity contribution < 1.29 is 24.7 Å². The first-order valence-electron chi connectivity index (χ1n) is 9.29. The number of hydroxylamine groups is 4. The van der Waals surface area contributed by atoms with Crippen LogP contribution in [-0.2, 0) is 9.68 Å². The summed E-state index contributed by atoms with van der Waals surface area (Å²) in [6, 6.07) is 0. The molecule has 0 aliphatic heterocycles. The van der Waals surface area contributed by atoms with Gasteiger partial charge in [0.25, 0.3) is 0 Å². The highest BCUT2D eigenvalue weighted by Crippen LogP contribution is 2.06. The van der Waals surface area contributed by atoms with Gasteiger partial charge < -0.3 is 19.9 Å². The first kappa shape index (κ1) is 23.1. The quantitative estimate of drug-likeness (QED) is 0.328. The lowest BCUT2D eigenvalue weighted by molar-refractivity contribution is -0.186. The fraction of sp³-hybridized carbons (Fsp3) is 0.941. The molecule has 7 heteroatoms. The minimum atomic E-state index is -0.690. The van der Waals surface area contributed by atoms with E-state index in [0.29, 0.717) is 26.2 Å². The zero-order valence-electron chi connectivity index (χ0n) is 15.4. The molecule has 0 aliphatic carbocycles. The molecule has 0 aromatic heterocycles. The van der Waals surface area contributed by atoms with E-state index in [2.05, 4.69) is 0 Å². The summed E-state index contributed by atoms with van der Waals surface area (Å²) >= 11 is 0. The van der Waals surface area contributed by atoms with Crippen LogP contribution in [-0.4, -0.2) is 65.9 Å². The van der Waals surface area contributed by atoms with Crippen molar-refractivity contribution in [3.8, 4) is 0 Å². The summed E-state index contributed by atoms with van der Waals surface area (Å²) < 4.78 is 0. The Morgan fingerprint density at radius 3 is 1.42 bits per heavy atom. The zero-order valence-corrected chi connectivity index (χ0v) is 15.4. The summed E-state index contributed by atoms with van der Waals surface area (Å²) in [5, 5.41) is 20.7. The Morgan fingerprint density at radius 2 is 1.08 bits per heavy atom. The van der Waals surface area contributed by atoms with Gasteiger partial charge in [-0.1, -0.05) is 25.7 Å². The standard InChI is InChI=1S/C17H36N2O5/c1-3-18(13-9-5-7-11-15-20)23-17(22)24-19(4-2)14-10-6-8-12-16-21/h20-21H,3-16H2,1-2H3. The van der Waals surface area contributed by atoms with Gasteiger partial charge in [-0.15, -0.1) is 10.1 Å². The highest BCUT2D eigenvalue weighted by Gasteiger charge is 2.15. The average Bonchev–Trinajstić information content (AvgIpc) is 2.59. The van der Waals surface area contributed by atoms with Crippen LogP contribution in [0, 0.1) is 0 Å². The molecule has 0 aromatic carbocycles. The van der Waals surface area contributed by atoms with E-state index in [1.165, 1.54) is 0 Å². The van der Waals surface area contributed by atoms with Crippen molar-refractivity contribution in [1.82, 2.24) is 10.1 Å². The zero-order chi connectivity index (χ0) is 18.0. The minimum absolute atomic E-state index is 0.229. The molecule has 0 aromatic rings. The van der Waals surface area contributed by atoms with E-state index in [4.69, 9.17) is 19.9 Å². The fourth-order valence-electron chi connectivity index (χ4n) is 2.27. The van der Waals surface area contributed by atoms with Crippen molar-refractivity contribution in [2.45, 2.75) is 65.2 Å². The smallest absolute Gasteiger partial charge is 0.396 e. The number of aliphatic hydroxyl groups excluding tert-OH is 2. The highest BCUT2D eigenvalue weighted by atomic mass is 16.9. The maximum Gasteiger partial charge on any atom is 0.547 e. The van der Waals surface area contributed by atoms with E-state index in [1.54, 1.807) is 10.1 Å². The van der Waals surface area contributed by atoms with Crippen molar-refractivity contribution in [2.24, 2.45) is 0 Å². The van der Waals surface area contributed by atoms with Gasteiger partial charge in [0.05, 0.1) is 0 Å². The molecule has 0 saturated carbocycles. The van der Waals surface area contributed by atoms with E-state index < -0.39 is 6.16 Å². The Hall–Kier alpha value is -0.890. The molecule has 7 nitrogen and oxygen atoms in total. The Bertz CT molecular complexity index is 266. The molecule has 0 aliphatic rings. The van der Waals surface area contributed by atoms with Gasteiger partial charge in [-0.25, -0.2) is 0 Å². The molecule has 0 bridgehead atoms. The molecular formula is C17H36N2O5. The van der Waals surface area contributed by atoms with E-state index >= 15 is 0 Å². The second kappa shape index (κ2) is 17.0. The minimum Gasteiger partial charge on any atom is -0.396 e. The SMILES string of the molecule is CCN(CCCCCCO)OC(=O)ON(CC)CCCCCCO. The summed E-state index contributed by atoms with van der Waals surface area (Å²) in [6.45, 7) is 6.89. The molecule has 24 heavy (non-hydrogen) atoms. The topological polar surface area (TPSA) is 82.5 Å². The summed E-state index contributed by atoms with van der Waals surface area (Å²) in [6.07, 6.45) is 6.76. The molecule has 0 amide bonds. The fourth-order valence-corrected chi connectivity index (χ4v) is 2.27. The maximum atomic E-state index is 11.9. The van der Waals surface area contributed by atoms with Crippen molar-refractivity contribution in [1.29, 1.82) is 0 Å². The molecule has 0 radical (unpaired) electrons. The maximum absolute atomic E-state index is 11.9. The van der Waals surface area contributed by atoms with Gasteiger partial charge in [-0.05, 0) is 39.5 Å². The van der Waals surface area contributed by atoms with E-state index in [-0.39, 0.29) is 13.2 Å². The second-order valence-electron chi connectivity index (χ2n) is 5.75. The third kappa shape index (κ3) is 13.5. The summed E-state index contributed by atoms with van der Waals surface area (Å²) in [4.78, 5) is 22.3. The summed E-state index contributed by atoms with van der Waals surface area (Å²) in [7, 11) is 0. The number of rotatable bonds is 16. The van der Waals surface area contributed by atoms with Gasteiger partial charge in [0.2, 0.25) is 0 Å². The van der Waals surface area contributed by atoms with Crippen LogP contribution in [0.3, 0.4) is 0 Å². The average molecular weight is 348 g/mol. The Kier molecular flexibility index (Phi) is 16.3.